The first-order chi connectivity index (χ1) is 8.11. The number of benzene rings is 1. The van der Waals surface area contributed by atoms with Crippen LogP contribution in [-0.4, -0.2) is 17.8 Å². The quantitative estimate of drug-likeness (QED) is 0.449. The van der Waals surface area contributed by atoms with Crippen LogP contribution in [-0.2, 0) is 0 Å². The predicted molar refractivity (Wildman–Crippen MR) is 56.7 cm³/mol. The zero-order chi connectivity index (χ0) is 12.4. The summed E-state index contributed by atoms with van der Waals surface area (Å²) in [6.07, 6.45) is 2.30. The summed E-state index contributed by atoms with van der Waals surface area (Å²) in [5.74, 6) is -0.523. The van der Waals surface area contributed by atoms with Crippen molar-refractivity contribution in [3.63, 3.8) is 0 Å². The van der Waals surface area contributed by atoms with Gasteiger partial charge in [0.25, 0.3) is 0 Å². The third kappa shape index (κ3) is 2.58. The van der Waals surface area contributed by atoms with Gasteiger partial charge in [-0.3, -0.25) is 14.9 Å². The van der Waals surface area contributed by atoms with Crippen molar-refractivity contribution in [1.82, 2.24) is 0 Å². The van der Waals surface area contributed by atoms with Crippen molar-refractivity contribution < 1.29 is 18.8 Å². The van der Waals surface area contributed by atoms with Crippen LogP contribution >= 0.6 is 0 Å². The Bertz CT molecular complexity index is 471. The Balaban J connectivity index is 2.29. The molecule has 17 heavy (non-hydrogen) atoms. The Morgan fingerprint density at radius 1 is 1.53 bits per heavy atom. The molecule has 1 aromatic rings. The van der Waals surface area contributed by atoms with Crippen molar-refractivity contribution in [2.75, 3.05) is 6.61 Å². The van der Waals surface area contributed by atoms with Gasteiger partial charge in [-0.15, -0.1) is 0 Å². The molecule has 0 aliphatic heterocycles. The zero-order valence-electron chi connectivity index (χ0n) is 8.89. The Morgan fingerprint density at radius 2 is 2.24 bits per heavy atom. The van der Waals surface area contributed by atoms with E-state index in [0.717, 1.165) is 25.0 Å². The number of carbonyl (C=O) groups excluding carboxylic acids is 1. The number of hydrogen-bond donors (Lipinski definition) is 0. The van der Waals surface area contributed by atoms with Crippen LogP contribution < -0.4 is 4.74 Å². The fourth-order valence-electron chi connectivity index (χ4n) is 1.40. The van der Waals surface area contributed by atoms with Crippen molar-refractivity contribution in [2.24, 2.45) is 5.92 Å². The molecule has 6 heteroatoms. The van der Waals surface area contributed by atoms with Gasteiger partial charge in [0.2, 0.25) is 0 Å². The first-order valence-corrected chi connectivity index (χ1v) is 5.17. The standard InChI is InChI=1S/C11H10FNO4/c12-9-4-11(17-6-7-1-2-7)10(13(15)16)3-8(9)5-14/h3-5,7H,1-2,6H2. The van der Waals surface area contributed by atoms with Gasteiger partial charge in [-0.1, -0.05) is 0 Å². The predicted octanol–water partition coefficient (Wildman–Crippen LogP) is 2.34. The van der Waals surface area contributed by atoms with Gasteiger partial charge in [0, 0.05) is 12.1 Å². The summed E-state index contributed by atoms with van der Waals surface area (Å²) in [7, 11) is 0. The summed E-state index contributed by atoms with van der Waals surface area (Å²) in [5, 5.41) is 10.7. The molecule has 0 heterocycles. The van der Waals surface area contributed by atoms with Crippen molar-refractivity contribution in [1.29, 1.82) is 0 Å². The zero-order valence-corrected chi connectivity index (χ0v) is 8.89. The van der Waals surface area contributed by atoms with Crippen LogP contribution in [0.2, 0.25) is 0 Å². The molecule has 1 fully saturated rings. The molecule has 0 aromatic heterocycles. The highest BCUT2D eigenvalue weighted by molar-refractivity contribution is 5.77. The Labute approximate surface area is 96.3 Å². The summed E-state index contributed by atoms with van der Waals surface area (Å²) in [4.78, 5) is 20.5. The average Bonchev–Trinajstić information content (AvgIpc) is 3.09. The van der Waals surface area contributed by atoms with Gasteiger partial charge in [-0.2, -0.15) is 0 Å². The molecule has 0 spiro atoms. The van der Waals surface area contributed by atoms with E-state index >= 15 is 0 Å². The van der Waals surface area contributed by atoms with Crippen LogP contribution in [0.1, 0.15) is 23.2 Å². The maximum Gasteiger partial charge on any atom is 0.311 e. The molecule has 90 valence electrons. The Kier molecular flexibility index (Phi) is 3.03. The average molecular weight is 239 g/mol. The molecule has 0 bridgehead atoms. The molecule has 1 aliphatic rings. The van der Waals surface area contributed by atoms with E-state index in [4.69, 9.17) is 4.74 Å². The summed E-state index contributed by atoms with van der Waals surface area (Å²) < 4.78 is 18.5. The van der Waals surface area contributed by atoms with Crippen molar-refractivity contribution >= 4 is 12.0 Å². The molecule has 5 nitrogen and oxygen atoms in total. The van der Waals surface area contributed by atoms with E-state index < -0.39 is 10.7 Å². The second-order valence-electron chi connectivity index (χ2n) is 3.97. The number of halogens is 1. The minimum Gasteiger partial charge on any atom is -0.486 e. The van der Waals surface area contributed by atoms with Gasteiger partial charge in [0.05, 0.1) is 17.1 Å². The number of nitro groups is 1. The lowest BCUT2D eigenvalue weighted by Crippen LogP contribution is -2.03. The lowest BCUT2D eigenvalue weighted by Gasteiger charge is -2.06. The van der Waals surface area contributed by atoms with Gasteiger partial charge < -0.3 is 4.74 Å². The van der Waals surface area contributed by atoms with Crippen LogP contribution in [0.3, 0.4) is 0 Å². The van der Waals surface area contributed by atoms with E-state index in [0.29, 0.717) is 12.5 Å². The number of carbonyl (C=O) groups is 1. The maximum atomic E-state index is 13.3. The van der Waals surface area contributed by atoms with Gasteiger partial charge in [0.15, 0.2) is 12.0 Å². The SMILES string of the molecule is O=Cc1cc([N+](=O)[O-])c(OCC2CC2)cc1F. The third-order valence-corrected chi connectivity index (χ3v) is 2.57. The number of ether oxygens (including phenoxy) is 1. The molecule has 0 saturated heterocycles. The van der Waals surface area contributed by atoms with Gasteiger partial charge in [-0.25, -0.2) is 4.39 Å². The highest BCUT2D eigenvalue weighted by Crippen LogP contribution is 2.33. The topological polar surface area (TPSA) is 69.4 Å². The van der Waals surface area contributed by atoms with Crippen LogP contribution in [0.15, 0.2) is 12.1 Å². The highest BCUT2D eigenvalue weighted by atomic mass is 19.1. The first-order valence-electron chi connectivity index (χ1n) is 5.17. The molecule has 0 atom stereocenters. The minimum absolute atomic E-state index is 0.120. The fraction of sp³-hybridized carbons (Fsp3) is 0.364. The molecular weight excluding hydrogens is 229 g/mol. The number of nitro benzene ring substituents is 1. The molecule has 0 amide bonds. The lowest BCUT2D eigenvalue weighted by molar-refractivity contribution is -0.386. The molecule has 1 aliphatic carbocycles. The number of rotatable bonds is 5. The van der Waals surface area contributed by atoms with E-state index in [-0.39, 0.29) is 23.3 Å². The first kappa shape index (κ1) is 11.5. The van der Waals surface area contributed by atoms with Gasteiger partial charge >= 0.3 is 5.69 Å². The number of aldehydes is 1. The second-order valence-corrected chi connectivity index (χ2v) is 3.97. The van der Waals surface area contributed by atoms with Crippen molar-refractivity contribution in [3.05, 3.63) is 33.6 Å². The van der Waals surface area contributed by atoms with E-state index in [1.54, 1.807) is 0 Å². The second kappa shape index (κ2) is 4.48. The molecule has 0 N–H and O–H groups in total. The highest BCUT2D eigenvalue weighted by Gasteiger charge is 2.25. The van der Waals surface area contributed by atoms with Crippen molar-refractivity contribution in [3.8, 4) is 5.75 Å². The number of nitrogens with zero attached hydrogens (tertiary/aromatic N) is 1. The van der Waals surface area contributed by atoms with Crippen molar-refractivity contribution in [2.45, 2.75) is 12.8 Å². The molecule has 0 unspecified atom stereocenters. The minimum atomic E-state index is -0.809. The molecule has 0 radical (unpaired) electrons. The maximum absolute atomic E-state index is 13.3. The molecule has 2 rings (SSSR count). The normalized spacial score (nSPS) is 14.4. The monoisotopic (exact) mass is 239 g/mol. The van der Waals surface area contributed by atoms with E-state index in [1.807, 2.05) is 0 Å². The summed E-state index contributed by atoms with van der Waals surface area (Å²) in [6, 6.07) is 1.79. The van der Waals surface area contributed by atoms with Gasteiger partial charge in [-0.05, 0) is 18.8 Å². The van der Waals surface area contributed by atoms with Crippen LogP contribution in [0.25, 0.3) is 0 Å². The summed E-state index contributed by atoms with van der Waals surface area (Å²) in [6.45, 7) is 0.348. The number of hydrogen-bond acceptors (Lipinski definition) is 4. The van der Waals surface area contributed by atoms with Gasteiger partial charge in [0.1, 0.15) is 5.82 Å². The summed E-state index contributed by atoms with van der Waals surface area (Å²) >= 11 is 0. The van der Waals surface area contributed by atoms with Crippen LogP contribution in [0, 0.1) is 21.8 Å². The summed E-state index contributed by atoms with van der Waals surface area (Å²) in [5.41, 5.74) is -0.718. The van der Waals surface area contributed by atoms with Crippen LogP contribution in [0.4, 0.5) is 10.1 Å². The van der Waals surface area contributed by atoms with E-state index in [9.17, 15) is 19.3 Å². The van der Waals surface area contributed by atoms with E-state index in [2.05, 4.69) is 0 Å². The Morgan fingerprint density at radius 3 is 2.76 bits per heavy atom. The lowest BCUT2D eigenvalue weighted by atomic mass is 10.2. The van der Waals surface area contributed by atoms with E-state index in [1.165, 1.54) is 0 Å². The molecule has 1 aromatic carbocycles. The fourth-order valence-corrected chi connectivity index (χ4v) is 1.40. The largest absolute Gasteiger partial charge is 0.486 e. The smallest absolute Gasteiger partial charge is 0.311 e. The third-order valence-electron chi connectivity index (χ3n) is 2.57. The molecular formula is C11H10FNO4. The molecule has 1 saturated carbocycles. The van der Waals surface area contributed by atoms with Crippen LogP contribution in [0.5, 0.6) is 5.75 Å². The Hall–Kier alpha value is -1.98.